The zero-order chi connectivity index (χ0) is 18.7. The monoisotopic (exact) mass is 392 g/mol. The fourth-order valence-electron chi connectivity index (χ4n) is 3.00. The average Bonchev–Trinajstić information content (AvgIpc) is 3.05. The number of aryl methyl sites for hydroxylation is 2. The van der Waals surface area contributed by atoms with Crippen LogP contribution in [0.15, 0.2) is 27.9 Å². The molecular weight excluding hydrogens is 372 g/mol. The maximum Gasteiger partial charge on any atom is 0.326 e. The first kappa shape index (κ1) is 17.4. The Morgan fingerprint density at radius 2 is 2.08 bits per heavy atom. The first-order chi connectivity index (χ1) is 12.2. The summed E-state index contributed by atoms with van der Waals surface area (Å²) in [4.78, 5) is 20.7. The lowest BCUT2D eigenvalue weighted by Crippen LogP contribution is -2.34. The van der Waals surface area contributed by atoms with Gasteiger partial charge in [0, 0.05) is 10.4 Å². The van der Waals surface area contributed by atoms with Gasteiger partial charge in [-0.2, -0.15) is 0 Å². The summed E-state index contributed by atoms with van der Waals surface area (Å²) in [7, 11) is -3.60. The molecule has 1 aliphatic rings. The molecule has 0 saturated heterocycles. The molecule has 1 aliphatic carbocycles. The SMILES string of the molecule is Cc1nc(C)c(Cn2c(=O)[nH]c3cc(S(=O)(=O)NC4(C)CC4)ccc32)s1. The molecule has 9 heteroatoms. The van der Waals surface area contributed by atoms with Gasteiger partial charge in [-0.1, -0.05) is 0 Å². The van der Waals surface area contributed by atoms with Gasteiger partial charge in [-0.3, -0.25) is 4.57 Å². The van der Waals surface area contributed by atoms with Crippen LogP contribution in [0, 0.1) is 13.8 Å². The average molecular weight is 393 g/mol. The Morgan fingerprint density at radius 1 is 1.35 bits per heavy atom. The number of nitrogens with one attached hydrogen (secondary N) is 2. The van der Waals surface area contributed by atoms with Gasteiger partial charge in [0.15, 0.2) is 0 Å². The van der Waals surface area contributed by atoms with E-state index in [1.807, 2.05) is 20.8 Å². The van der Waals surface area contributed by atoms with E-state index >= 15 is 0 Å². The number of H-pyrrole nitrogens is 1. The van der Waals surface area contributed by atoms with Crippen molar-refractivity contribution in [3.8, 4) is 0 Å². The Balaban J connectivity index is 1.72. The lowest BCUT2D eigenvalue weighted by molar-refractivity contribution is 0.558. The zero-order valence-electron chi connectivity index (χ0n) is 14.8. The van der Waals surface area contributed by atoms with Gasteiger partial charge in [-0.25, -0.2) is 22.9 Å². The number of sulfonamides is 1. The molecule has 0 unspecified atom stereocenters. The van der Waals surface area contributed by atoms with E-state index in [1.165, 1.54) is 6.07 Å². The minimum Gasteiger partial charge on any atom is -0.305 e. The molecule has 2 heterocycles. The molecule has 0 spiro atoms. The van der Waals surface area contributed by atoms with Gasteiger partial charge in [0.1, 0.15) is 0 Å². The quantitative estimate of drug-likeness (QED) is 0.696. The fourth-order valence-corrected chi connectivity index (χ4v) is 5.42. The van der Waals surface area contributed by atoms with Gasteiger partial charge < -0.3 is 4.98 Å². The molecule has 4 rings (SSSR count). The molecule has 2 aromatic heterocycles. The molecule has 2 N–H and O–H groups in total. The summed E-state index contributed by atoms with van der Waals surface area (Å²) in [5.74, 6) is 0. The van der Waals surface area contributed by atoms with E-state index in [0.717, 1.165) is 28.4 Å². The second-order valence-electron chi connectivity index (χ2n) is 7.10. The molecule has 0 radical (unpaired) electrons. The fraction of sp³-hybridized carbons (Fsp3) is 0.412. The Hall–Kier alpha value is -1.97. The Bertz CT molecular complexity index is 1170. The van der Waals surface area contributed by atoms with E-state index in [2.05, 4.69) is 14.7 Å². The van der Waals surface area contributed by atoms with E-state index in [4.69, 9.17) is 0 Å². The summed E-state index contributed by atoms with van der Waals surface area (Å²) in [6.07, 6.45) is 1.69. The predicted molar refractivity (Wildman–Crippen MR) is 101 cm³/mol. The molecule has 7 nitrogen and oxygen atoms in total. The smallest absolute Gasteiger partial charge is 0.305 e. The molecular formula is C17H20N4O3S2. The van der Waals surface area contributed by atoms with E-state index < -0.39 is 10.0 Å². The van der Waals surface area contributed by atoms with Crippen LogP contribution in [0.5, 0.6) is 0 Å². The van der Waals surface area contributed by atoms with Gasteiger partial charge in [0.25, 0.3) is 0 Å². The summed E-state index contributed by atoms with van der Waals surface area (Å²) in [6.45, 7) is 6.16. The van der Waals surface area contributed by atoms with Crippen LogP contribution in [0.25, 0.3) is 11.0 Å². The van der Waals surface area contributed by atoms with E-state index in [-0.39, 0.29) is 16.1 Å². The highest BCUT2D eigenvalue weighted by Crippen LogP contribution is 2.36. The number of aromatic amines is 1. The van der Waals surface area contributed by atoms with Crippen molar-refractivity contribution in [2.24, 2.45) is 0 Å². The number of thiazole rings is 1. The third-order valence-electron chi connectivity index (χ3n) is 4.74. The highest BCUT2D eigenvalue weighted by atomic mass is 32.2. The number of rotatable bonds is 5. The molecule has 3 aromatic rings. The Kier molecular flexibility index (Phi) is 3.87. The van der Waals surface area contributed by atoms with Crippen molar-refractivity contribution < 1.29 is 8.42 Å². The first-order valence-corrected chi connectivity index (χ1v) is 10.7. The largest absolute Gasteiger partial charge is 0.326 e. The molecule has 0 amide bonds. The van der Waals surface area contributed by atoms with E-state index in [0.29, 0.717) is 17.6 Å². The molecule has 0 bridgehead atoms. The lowest BCUT2D eigenvalue weighted by Gasteiger charge is -2.12. The number of aromatic nitrogens is 3. The second-order valence-corrected chi connectivity index (χ2v) is 10.1. The normalized spacial score (nSPS) is 16.3. The molecule has 138 valence electrons. The maximum absolute atomic E-state index is 12.5. The molecule has 1 aromatic carbocycles. The van der Waals surface area contributed by atoms with Crippen LogP contribution in [0.3, 0.4) is 0 Å². The van der Waals surface area contributed by atoms with E-state index in [9.17, 15) is 13.2 Å². The predicted octanol–water partition coefficient (Wildman–Crippen LogP) is 2.28. The first-order valence-electron chi connectivity index (χ1n) is 8.36. The van der Waals surface area contributed by atoms with Crippen molar-refractivity contribution in [1.82, 2.24) is 19.3 Å². The highest BCUT2D eigenvalue weighted by molar-refractivity contribution is 7.89. The number of nitrogens with zero attached hydrogens (tertiary/aromatic N) is 2. The van der Waals surface area contributed by atoms with Gasteiger partial charge in [0.05, 0.1) is 33.2 Å². The summed E-state index contributed by atoms with van der Waals surface area (Å²) in [6, 6.07) is 4.75. The van der Waals surface area contributed by atoms with Crippen molar-refractivity contribution in [3.63, 3.8) is 0 Å². The second kappa shape index (κ2) is 5.77. The maximum atomic E-state index is 12.5. The Morgan fingerprint density at radius 3 is 2.69 bits per heavy atom. The topological polar surface area (TPSA) is 96.8 Å². The van der Waals surface area contributed by atoms with Gasteiger partial charge in [-0.05, 0) is 51.8 Å². The lowest BCUT2D eigenvalue weighted by atomic mass is 10.3. The summed E-state index contributed by atoms with van der Waals surface area (Å²) in [5.41, 5.74) is 1.50. The third-order valence-corrected chi connectivity index (χ3v) is 7.43. The molecule has 1 fully saturated rings. The van der Waals surface area contributed by atoms with Crippen LogP contribution in [0.2, 0.25) is 0 Å². The van der Waals surface area contributed by atoms with Gasteiger partial charge in [0.2, 0.25) is 10.0 Å². The summed E-state index contributed by atoms with van der Waals surface area (Å²) in [5, 5.41) is 0.957. The summed E-state index contributed by atoms with van der Waals surface area (Å²) < 4.78 is 29.4. The molecule has 0 aliphatic heterocycles. The number of fused-ring (bicyclic) bond motifs is 1. The van der Waals surface area contributed by atoms with Crippen LogP contribution in [-0.4, -0.2) is 28.5 Å². The van der Waals surface area contributed by atoms with Crippen molar-refractivity contribution in [1.29, 1.82) is 0 Å². The highest BCUT2D eigenvalue weighted by Gasteiger charge is 2.41. The van der Waals surface area contributed by atoms with Crippen LogP contribution in [-0.2, 0) is 16.6 Å². The van der Waals surface area contributed by atoms with Gasteiger partial charge >= 0.3 is 5.69 Å². The molecule has 1 saturated carbocycles. The van der Waals surface area contributed by atoms with Crippen molar-refractivity contribution in [2.45, 2.75) is 50.6 Å². The van der Waals surface area contributed by atoms with Gasteiger partial charge in [-0.15, -0.1) is 11.3 Å². The summed E-state index contributed by atoms with van der Waals surface area (Å²) >= 11 is 1.56. The minimum atomic E-state index is -3.60. The Labute approximate surface area is 155 Å². The number of imidazole rings is 1. The zero-order valence-corrected chi connectivity index (χ0v) is 16.4. The number of hydrogen-bond donors (Lipinski definition) is 2. The van der Waals surface area contributed by atoms with Crippen LogP contribution >= 0.6 is 11.3 Å². The number of hydrogen-bond acceptors (Lipinski definition) is 5. The molecule has 0 atom stereocenters. The standard InChI is InChI=1S/C17H20N4O3S2/c1-10-15(25-11(2)18-10)9-21-14-5-4-12(8-13(14)19-16(21)22)26(23,24)20-17(3)6-7-17/h4-5,8,20H,6-7,9H2,1-3H3,(H,19,22). The third kappa shape index (κ3) is 3.10. The van der Waals surface area contributed by atoms with Crippen molar-refractivity contribution in [3.05, 3.63) is 44.3 Å². The molecule has 26 heavy (non-hydrogen) atoms. The van der Waals surface area contributed by atoms with Crippen LogP contribution in [0.1, 0.15) is 35.3 Å². The number of benzene rings is 1. The van der Waals surface area contributed by atoms with Crippen molar-refractivity contribution >= 4 is 32.4 Å². The van der Waals surface area contributed by atoms with Crippen molar-refractivity contribution in [2.75, 3.05) is 0 Å². The van der Waals surface area contributed by atoms with Crippen LogP contribution in [0.4, 0.5) is 0 Å². The van der Waals surface area contributed by atoms with Crippen LogP contribution < -0.4 is 10.4 Å². The van der Waals surface area contributed by atoms with E-state index in [1.54, 1.807) is 28.0 Å². The minimum absolute atomic E-state index is 0.163.